The van der Waals surface area contributed by atoms with Gasteiger partial charge in [-0.1, -0.05) is 52.3 Å². The summed E-state index contributed by atoms with van der Waals surface area (Å²) in [6.45, 7) is 14.5. The molecule has 0 fully saturated rings. The van der Waals surface area contributed by atoms with Crippen LogP contribution in [0.4, 0.5) is 5.69 Å². The molecule has 1 amide bonds. The number of rotatable bonds is 13. The third kappa shape index (κ3) is 16.1. The number of para-hydroxylation sites is 2. The predicted octanol–water partition coefficient (Wildman–Crippen LogP) is 8.21. The van der Waals surface area contributed by atoms with Crippen LogP contribution in [0, 0.1) is 0 Å². The molecule has 14 heteroatoms. The number of benzene rings is 2. The van der Waals surface area contributed by atoms with Crippen LogP contribution >= 0.6 is 24.0 Å². The van der Waals surface area contributed by atoms with Crippen LogP contribution in [0.1, 0.15) is 88.0 Å². The van der Waals surface area contributed by atoms with Gasteiger partial charge in [-0.2, -0.15) is 0 Å². The van der Waals surface area contributed by atoms with Crippen molar-refractivity contribution in [2.24, 2.45) is 0 Å². The van der Waals surface area contributed by atoms with Crippen molar-refractivity contribution in [1.82, 2.24) is 14.9 Å². The summed E-state index contributed by atoms with van der Waals surface area (Å²) >= 11 is 5.14. The maximum atomic E-state index is 12.7. The summed E-state index contributed by atoms with van der Waals surface area (Å²) in [5, 5.41) is -0.447. The molecule has 0 aliphatic rings. The van der Waals surface area contributed by atoms with Gasteiger partial charge in [0.05, 0.1) is 34.1 Å². The van der Waals surface area contributed by atoms with Crippen molar-refractivity contribution in [2.45, 2.75) is 47.5 Å². The standard InChI is InChI=1S/C17H18N2O4.C12H16O3.C6H4ClNO.C6H15N.ClH/c1-4-19(16(20)12-8-10-18-11-9-12)14-7-5-6-13(15(14)22-2)17(21)23-3;1-4-6-9-7-5-8-10(11(9)14-2)12(13)15-3;7-6(9)5-1-3-8-4-2-5;1-4-7(5-2)6-3;/h5-11H,4H2,1-3H3;5,7-8H,4,6H2,1-3H3;1-4H;4-6H2,1-3H3;1H. The number of aryl methyl sites for hydroxylation is 1. The van der Waals surface area contributed by atoms with Gasteiger partial charge in [-0.3, -0.25) is 19.6 Å². The molecule has 4 aromatic rings. The van der Waals surface area contributed by atoms with E-state index in [1.165, 1.54) is 53.4 Å². The molecular weight excluding hydrogens is 747 g/mol. The number of esters is 2. The molecule has 2 aromatic heterocycles. The predicted molar refractivity (Wildman–Crippen MR) is 219 cm³/mol. The average molecular weight is 802 g/mol. The molecule has 2 aromatic carbocycles. The van der Waals surface area contributed by atoms with Gasteiger partial charge in [0.15, 0.2) is 5.75 Å². The quantitative estimate of drug-likeness (QED) is 0.0956. The van der Waals surface area contributed by atoms with Gasteiger partial charge >= 0.3 is 11.9 Å². The number of aromatic nitrogens is 2. The first-order valence-corrected chi connectivity index (χ1v) is 17.9. The SMILES string of the molecule is CCCc1cccc(C(=O)OC)c1OC.CCN(C(=O)c1ccncc1)c1cccc(C(=O)OC)c1OC.CCN(CC)CC.Cl.O=C(Cl)c1ccncc1. The largest absolute Gasteiger partial charge is 0.496 e. The van der Waals surface area contributed by atoms with Crippen molar-refractivity contribution in [3.63, 3.8) is 0 Å². The van der Waals surface area contributed by atoms with Crippen LogP contribution in [0.2, 0.25) is 0 Å². The van der Waals surface area contributed by atoms with Crippen LogP contribution in [0.15, 0.2) is 85.5 Å². The highest BCUT2D eigenvalue weighted by molar-refractivity contribution is 6.67. The van der Waals surface area contributed by atoms with Crippen LogP contribution in [0.3, 0.4) is 0 Å². The summed E-state index contributed by atoms with van der Waals surface area (Å²) in [4.78, 5) is 58.0. The molecule has 4 rings (SSSR count). The molecule has 0 spiro atoms. The second-order valence-corrected chi connectivity index (χ2v) is 11.3. The van der Waals surface area contributed by atoms with E-state index < -0.39 is 11.2 Å². The number of ether oxygens (including phenoxy) is 4. The third-order valence-corrected chi connectivity index (χ3v) is 8.08. The molecule has 55 heavy (non-hydrogen) atoms. The van der Waals surface area contributed by atoms with Crippen LogP contribution in [0.25, 0.3) is 0 Å². The Labute approximate surface area is 336 Å². The van der Waals surface area contributed by atoms with Crippen LogP contribution in [-0.4, -0.2) is 92.6 Å². The molecule has 12 nitrogen and oxygen atoms in total. The van der Waals surface area contributed by atoms with Gasteiger partial charge < -0.3 is 28.7 Å². The minimum absolute atomic E-state index is 0. The number of methoxy groups -OCH3 is 4. The highest BCUT2D eigenvalue weighted by atomic mass is 35.5. The fourth-order valence-electron chi connectivity index (χ4n) is 5.01. The lowest BCUT2D eigenvalue weighted by molar-refractivity contribution is 0.0588. The number of hydrogen-bond acceptors (Lipinski definition) is 11. The summed E-state index contributed by atoms with van der Waals surface area (Å²) in [5.74, 6) is -0.133. The van der Waals surface area contributed by atoms with Gasteiger partial charge in [0.1, 0.15) is 16.9 Å². The van der Waals surface area contributed by atoms with E-state index in [1.807, 2.05) is 19.1 Å². The Morgan fingerprint density at radius 1 is 0.618 bits per heavy atom. The molecule has 300 valence electrons. The van der Waals surface area contributed by atoms with Gasteiger partial charge in [-0.15, -0.1) is 12.4 Å². The van der Waals surface area contributed by atoms with Crippen molar-refractivity contribution in [1.29, 1.82) is 0 Å². The molecule has 0 bridgehead atoms. The molecule has 0 unspecified atom stereocenters. The zero-order valence-electron chi connectivity index (χ0n) is 33.2. The second-order valence-electron chi connectivity index (χ2n) is 11.0. The van der Waals surface area contributed by atoms with Gasteiger partial charge in [-0.25, -0.2) is 9.59 Å². The lowest BCUT2D eigenvalue weighted by atomic mass is 10.0. The maximum absolute atomic E-state index is 12.7. The lowest BCUT2D eigenvalue weighted by Gasteiger charge is -2.24. The van der Waals surface area contributed by atoms with Crippen molar-refractivity contribution in [2.75, 3.05) is 59.5 Å². The Bertz CT molecular complexity index is 1720. The summed E-state index contributed by atoms with van der Waals surface area (Å²) in [5.41, 5.74) is 3.31. The normalized spacial score (nSPS) is 9.65. The van der Waals surface area contributed by atoms with E-state index >= 15 is 0 Å². The van der Waals surface area contributed by atoms with Gasteiger partial charge in [0, 0.05) is 42.5 Å². The Hall–Kier alpha value is -5.04. The molecule has 0 saturated heterocycles. The first-order chi connectivity index (χ1) is 26.0. The van der Waals surface area contributed by atoms with Crippen molar-refractivity contribution >= 4 is 52.8 Å². The van der Waals surface area contributed by atoms with Crippen LogP contribution in [0.5, 0.6) is 11.5 Å². The first kappa shape index (κ1) is 50.0. The number of carbonyl (C=O) groups is 4. The fraction of sp³-hybridized carbons (Fsp3) is 0.366. The Balaban J connectivity index is 0.000000781. The molecule has 2 heterocycles. The number of nitrogens with zero attached hydrogens (tertiary/aromatic N) is 4. The summed E-state index contributed by atoms with van der Waals surface area (Å²) in [6.07, 6.45) is 8.08. The molecule has 0 saturated carbocycles. The van der Waals surface area contributed by atoms with Gasteiger partial charge in [-0.05, 0) is 92.6 Å². The number of anilines is 1. The minimum atomic E-state index is -0.517. The van der Waals surface area contributed by atoms with E-state index in [0.29, 0.717) is 40.4 Å². The molecule has 0 aliphatic heterocycles. The van der Waals surface area contributed by atoms with E-state index in [0.717, 1.165) is 18.4 Å². The van der Waals surface area contributed by atoms with Crippen LogP contribution < -0.4 is 14.4 Å². The molecule has 0 aliphatic carbocycles. The third-order valence-electron chi connectivity index (χ3n) is 7.86. The van der Waals surface area contributed by atoms with Crippen molar-refractivity contribution in [3.8, 4) is 11.5 Å². The highest BCUT2D eigenvalue weighted by Crippen LogP contribution is 2.33. The average Bonchev–Trinajstić information content (AvgIpc) is 3.22. The summed E-state index contributed by atoms with van der Waals surface area (Å²) in [6, 6.07) is 17.0. The minimum Gasteiger partial charge on any atom is -0.496 e. The summed E-state index contributed by atoms with van der Waals surface area (Å²) < 4.78 is 20.1. The van der Waals surface area contributed by atoms with E-state index in [4.69, 9.17) is 30.5 Å². The highest BCUT2D eigenvalue weighted by Gasteiger charge is 2.24. The van der Waals surface area contributed by atoms with Gasteiger partial charge in [0.25, 0.3) is 11.1 Å². The maximum Gasteiger partial charge on any atom is 0.341 e. The Kier molecular flexibility index (Phi) is 25.8. The molecule has 0 radical (unpaired) electrons. The van der Waals surface area contributed by atoms with E-state index in [9.17, 15) is 19.2 Å². The zero-order chi connectivity index (χ0) is 40.5. The van der Waals surface area contributed by atoms with E-state index in [-0.39, 0.29) is 29.8 Å². The molecule has 0 N–H and O–H groups in total. The number of halogens is 2. The summed E-state index contributed by atoms with van der Waals surface area (Å²) in [7, 11) is 5.69. The fourth-order valence-corrected chi connectivity index (χ4v) is 5.14. The van der Waals surface area contributed by atoms with Crippen LogP contribution in [-0.2, 0) is 15.9 Å². The van der Waals surface area contributed by atoms with Crippen molar-refractivity contribution in [3.05, 3.63) is 113 Å². The lowest BCUT2D eigenvalue weighted by Crippen LogP contribution is -2.31. The number of hydrogen-bond donors (Lipinski definition) is 0. The number of carbonyl (C=O) groups excluding carboxylic acids is 4. The monoisotopic (exact) mass is 800 g/mol. The topological polar surface area (TPSA) is 137 Å². The Morgan fingerprint density at radius 3 is 1.44 bits per heavy atom. The second kappa shape index (κ2) is 28.4. The zero-order valence-corrected chi connectivity index (χ0v) is 34.7. The van der Waals surface area contributed by atoms with E-state index in [2.05, 4.69) is 42.6 Å². The van der Waals surface area contributed by atoms with Crippen molar-refractivity contribution < 1.29 is 38.1 Å². The number of amides is 1. The number of pyridine rings is 2. The first-order valence-electron chi connectivity index (χ1n) is 17.6. The molecule has 0 atom stereocenters. The molecular formula is C41H54Cl2N4O8. The smallest absolute Gasteiger partial charge is 0.341 e. The Morgan fingerprint density at radius 2 is 1.07 bits per heavy atom. The van der Waals surface area contributed by atoms with Gasteiger partial charge in [0.2, 0.25) is 0 Å². The van der Waals surface area contributed by atoms with E-state index in [1.54, 1.807) is 72.9 Å².